The van der Waals surface area contributed by atoms with Gasteiger partial charge in [0, 0.05) is 33.6 Å². The molecule has 0 aliphatic heterocycles. The molecule has 5 heteroatoms. The van der Waals surface area contributed by atoms with Gasteiger partial charge in [-0.25, -0.2) is 0 Å². The van der Waals surface area contributed by atoms with Crippen LogP contribution in [0.5, 0.6) is 0 Å². The lowest BCUT2D eigenvalue weighted by Crippen LogP contribution is -2.36. The molecule has 1 fully saturated rings. The lowest BCUT2D eigenvalue weighted by molar-refractivity contribution is -0.128. The Labute approximate surface area is 96.6 Å². The maximum absolute atomic E-state index is 11.3. The van der Waals surface area contributed by atoms with Gasteiger partial charge in [0.1, 0.15) is 0 Å². The monoisotopic (exact) mass is 227 g/mol. The van der Waals surface area contributed by atoms with Gasteiger partial charge >= 0.3 is 0 Å². The third-order valence-corrected chi connectivity index (χ3v) is 2.58. The van der Waals surface area contributed by atoms with Crippen LogP contribution in [0.2, 0.25) is 0 Å². The zero-order valence-corrected chi connectivity index (χ0v) is 10.1. The maximum Gasteiger partial charge on any atom is 0.233 e. The van der Waals surface area contributed by atoms with Crippen molar-refractivity contribution in [3.05, 3.63) is 0 Å². The molecule has 1 aliphatic carbocycles. The quantitative estimate of drug-likeness (QED) is 0.581. The first-order valence-electron chi connectivity index (χ1n) is 5.77. The second-order valence-corrected chi connectivity index (χ2v) is 4.46. The van der Waals surface area contributed by atoms with Gasteiger partial charge in [0.15, 0.2) is 0 Å². The Hall–Kier alpha value is -1.10. The Morgan fingerprint density at radius 1 is 1.31 bits per heavy atom. The molecule has 0 bridgehead atoms. The molecular weight excluding hydrogens is 206 g/mol. The lowest BCUT2D eigenvalue weighted by atomic mass is 10.3. The van der Waals surface area contributed by atoms with Crippen LogP contribution in [0, 0.1) is 5.92 Å². The van der Waals surface area contributed by atoms with E-state index in [2.05, 4.69) is 10.6 Å². The molecule has 0 spiro atoms. The van der Waals surface area contributed by atoms with Crippen molar-refractivity contribution in [2.75, 3.05) is 33.7 Å². The number of nitrogens with one attached hydrogen (secondary N) is 2. The number of hydrogen-bond acceptors (Lipinski definition) is 3. The summed E-state index contributed by atoms with van der Waals surface area (Å²) < 4.78 is 0. The SMILES string of the molecule is CN(C)C(=O)CCNCC(=O)NCC1CC1. The van der Waals surface area contributed by atoms with E-state index in [0.717, 1.165) is 6.54 Å². The minimum atomic E-state index is 0.0178. The third-order valence-electron chi connectivity index (χ3n) is 2.58. The summed E-state index contributed by atoms with van der Waals surface area (Å²) >= 11 is 0. The van der Waals surface area contributed by atoms with E-state index in [1.165, 1.54) is 12.8 Å². The van der Waals surface area contributed by atoms with Crippen molar-refractivity contribution in [2.24, 2.45) is 5.92 Å². The highest BCUT2D eigenvalue weighted by atomic mass is 16.2. The minimum Gasteiger partial charge on any atom is -0.355 e. The highest BCUT2D eigenvalue weighted by molar-refractivity contribution is 5.78. The summed E-state index contributed by atoms with van der Waals surface area (Å²) in [6, 6.07) is 0. The fourth-order valence-electron chi connectivity index (χ4n) is 1.26. The van der Waals surface area contributed by atoms with Crippen LogP contribution in [0.25, 0.3) is 0 Å². The molecule has 0 aromatic rings. The Balaban J connectivity index is 1.93. The van der Waals surface area contributed by atoms with Crippen LogP contribution in [0.1, 0.15) is 19.3 Å². The summed E-state index contributed by atoms with van der Waals surface area (Å²) in [6.07, 6.45) is 2.92. The molecule has 1 rings (SSSR count). The van der Waals surface area contributed by atoms with Crippen molar-refractivity contribution in [1.82, 2.24) is 15.5 Å². The average molecular weight is 227 g/mol. The van der Waals surface area contributed by atoms with E-state index in [9.17, 15) is 9.59 Å². The number of nitrogens with zero attached hydrogens (tertiary/aromatic N) is 1. The Bertz CT molecular complexity index is 250. The van der Waals surface area contributed by atoms with Crippen molar-refractivity contribution in [2.45, 2.75) is 19.3 Å². The molecule has 0 atom stereocenters. The predicted octanol–water partition coefficient (Wildman–Crippen LogP) is -0.419. The van der Waals surface area contributed by atoms with Gasteiger partial charge in [0.05, 0.1) is 6.54 Å². The average Bonchev–Trinajstić information content (AvgIpc) is 3.04. The van der Waals surface area contributed by atoms with Crippen LogP contribution in [0.15, 0.2) is 0 Å². The molecule has 0 unspecified atom stereocenters. The summed E-state index contributed by atoms with van der Waals surface area (Å²) in [5.41, 5.74) is 0. The highest BCUT2D eigenvalue weighted by Crippen LogP contribution is 2.27. The van der Waals surface area contributed by atoms with Crippen molar-refractivity contribution < 1.29 is 9.59 Å². The topological polar surface area (TPSA) is 61.4 Å². The molecule has 92 valence electrons. The molecular formula is C11H21N3O2. The van der Waals surface area contributed by atoms with Gasteiger partial charge in [-0.15, -0.1) is 0 Å². The summed E-state index contributed by atoms with van der Waals surface area (Å²) in [5.74, 6) is 0.800. The first-order chi connectivity index (χ1) is 7.59. The first-order valence-corrected chi connectivity index (χ1v) is 5.77. The van der Waals surface area contributed by atoms with Gasteiger partial charge in [-0.1, -0.05) is 0 Å². The van der Waals surface area contributed by atoms with Crippen molar-refractivity contribution in [3.63, 3.8) is 0 Å². The standard InChI is InChI=1S/C11H21N3O2/c1-14(2)11(16)5-6-12-8-10(15)13-7-9-3-4-9/h9,12H,3-8H2,1-2H3,(H,13,15). The van der Waals surface area contributed by atoms with E-state index >= 15 is 0 Å². The molecule has 1 aliphatic rings. The predicted molar refractivity (Wildman–Crippen MR) is 61.9 cm³/mol. The fraction of sp³-hybridized carbons (Fsp3) is 0.818. The number of hydrogen-bond donors (Lipinski definition) is 2. The van der Waals surface area contributed by atoms with E-state index in [0.29, 0.717) is 25.4 Å². The summed E-state index contributed by atoms with van der Waals surface area (Å²) in [5, 5.41) is 5.81. The van der Waals surface area contributed by atoms with Crippen LogP contribution < -0.4 is 10.6 Å². The lowest BCUT2D eigenvalue weighted by Gasteiger charge is -2.10. The number of carbonyl (C=O) groups is 2. The third kappa shape index (κ3) is 5.70. The van der Waals surface area contributed by atoms with Crippen LogP contribution >= 0.6 is 0 Å². The number of carbonyl (C=O) groups excluding carboxylic acids is 2. The molecule has 0 radical (unpaired) electrons. The zero-order chi connectivity index (χ0) is 12.0. The molecule has 2 amide bonds. The van der Waals surface area contributed by atoms with Gasteiger partial charge in [0.25, 0.3) is 0 Å². The molecule has 0 heterocycles. The van der Waals surface area contributed by atoms with Crippen LogP contribution in [-0.4, -0.2) is 50.4 Å². The van der Waals surface area contributed by atoms with E-state index < -0.39 is 0 Å². The summed E-state index contributed by atoms with van der Waals surface area (Å²) in [7, 11) is 3.45. The number of amides is 2. The van der Waals surface area contributed by atoms with Gasteiger partial charge in [0.2, 0.25) is 11.8 Å². The van der Waals surface area contributed by atoms with Crippen LogP contribution in [0.3, 0.4) is 0 Å². The summed E-state index contributed by atoms with van der Waals surface area (Å²) in [4.78, 5) is 24.0. The second-order valence-electron chi connectivity index (χ2n) is 4.46. The molecule has 0 aromatic carbocycles. The van der Waals surface area contributed by atoms with Crippen molar-refractivity contribution in [3.8, 4) is 0 Å². The Morgan fingerprint density at radius 3 is 2.56 bits per heavy atom. The molecule has 0 saturated heterocycles. The number of rotatable bonds is 7. The molecule has 0 aromatic heterocycles. The van der Waals surface area contributed by atoms with Gasteiger partial charge in [-0.05, 0) is 18.8 Å². The van der Waals surface area contributed by atoms with Crippen molar-refractivity contribution >= 4 is 11.8 Å². The van der Waals surface area contributed by atoms with Gasteiger partial charge < -0.3 is 15.5 Å². The van der Waals surface area contributed by atoms with E-state index in [1.54, 1.807) is 19.0 Å². The van der Waals surface area contributed by atoms with E-state index in [-0.39, 0.29) is 11.8 Å². The van der Waals surface area contributed by atoms with Crippen LogP contribution in [-0.2, 0) is 9.59 Å². The highest BCUT2D eigenvalue weighted by Gasteiger charge is 2.21. The van der Waals surface area contributed by atoms with E-state index in [1.807, 2.05) is 0 Å². The smallest absolute Gasteiger partial charge is 0.233 e. The zero-order valence-electron chi connectivity index (χ0n) is 10.1. The van der Waals surface area contributed by atoms with Gasteiger partial charge in [-0.3, -0.25) is 9.59 Å². The van der Waals surface area contributed by atoms with Gasteiger partial charge in [-0.2, -0.15) is 0 Å². The molecule has 2 N–H and O–H groups in total. The molecule has 16 heavy (non-hydrogen) atoms. The molecule has 1 saturated carbocycles. The van der Waals surface area contributed by atoms with E-state index in [4.69, 9.17) is 0 Å². The fourth-order valence-corrected chi connectivity index (χ4v) is 1.26. The molecule has 5 nitrogen and oxygen atoms in total. The summed E-state index contributed by atoms with van der Waals surface area (Å²) in [6.45, 7) is 1.65. The Morgan fingerprint density at radius 2 is 2.00 bits per heavy atom. The maximum atomic E-state index is 11.3. The first kappa shape index (κ1) is 13.0. The van der Waals surface area contributed by atoms with Crippen molar-refractivity contribution in [1.29, 1.82) is 0 Å². The minimum absolute atomic E-state index is 0.0178. The van der Waals surface area contributed by atoms with Crippen LogP contribution in [0.4, 0.5) is 0 Å². The Kier molecular flexibility index (Phi) is 5.25. The largest absolute Gasteiger partial charge is 0.355 e. The normalized spacial score (nSPS) is 14.6. The second kappa shape index (κ2) is 6.48.